The van der Waals surface area contributed by atoms with Crippen molar-refractivity contribution in [3.8, 4) is 0 Å². The van der Waals surface area contributed by atoms with Crippen LogP contribution in [0.1, 0.15) is 48.8 Å². The molecule has 2 unspecified atom stereocenters. The summed E-state index contributed by atoms with van der Waals surface area (Å²) in [5.41, 5.74) is 3.20. The van der Waals surface area contributed by atoms with E-state index in [4.69, 9.17) is 0 Å². The maximum atomic E-state index is 12.7. The van der Waals surface area contributed by atoms with Gasteiger partial charge in [-0.3, -0.25) is 4.79 Å². The van der Waals surface area contributed by atoms with Gasteiger partial charge in [0.2, 0.25) is 5.91 Å². The normalized spacial score (nSPS) is 16.3. The molecule has 2 N–H and O–H groups in total. The number of nitrogens with one attached hydrogen (secondary N) is 1. The number of benzene rings is 3. The Balaban J connectivity index is 1.51. The highest BCUT2D eigenvalue weighted by molar-refractivity contribution is 8.77. The average molecular weight is 552 g/mol. The summed E-state index contributed by atoms with van der Waals surface area (Å²) in [7, 11) is 3.88. The van der Waals surface area contributed by atoms with Gasteiger partial charge < -0.3 is 10.4 Å². The van der Waals surface area contributed by atoms with Crippen LogP contribution in [-0.2, 0) is 14.3 Å². The van der Waals surface area contributed by atoms with E-state index < -0.39 is 16.8 Å². The predicted octanol–water partition coefficient (Wildman–Crippen LogP) is 7.00. The van der Waals surface area contributed by atoms with Crippen LogP contribution in [0.25, 0.3) is 0 Å². The number of aliphatic carboxylic acids is 1. The fourth-order valence-electron chi connectivity index (χ4n) is 4.64. The standard InChI is InChI=1S/C30H33NO3S3/c32-28(19-11-10-18-26-20-21-36-37-26)31-27(29(33)34)22-35-30(23-12-4-1-5-13-23,24-14-6-2-7-15-24)25-16-8-3-9-17-25/h1-9,12-17,26-27H,10-11,18-22H2,(H,31,32)(H,33,34). The lowest BCUT2D eigenvalue weighted by atomic mass is 9.84. The summed E-state index contributed by atoms with van der Waals surface area (Å²) < 4.78 is -0.626. The molecule has 1 fully saturated rings. The van der Waals surface area contributed by atoms with Gasteiger partial charge in [-0.2, -0.15) is 0 Å². The molecule has 0 spiro atoms. The van der Waals surface area contributed by atoms with E-state index in [-0.39, 0.29) is 11.7 Å². The van der Waals surface area contributed by atoms with E-state index in [1.165, 1.54) is 12.2 Å². The van der Waals surface area contributed by atoms with Gasteiger partial charge in [-0.05, 0) is 36.0 Å². The first-order chi connectivity index (χ1) is 18.1. The van der Waals surface area contributed by atoms with Crippen molar-refractivity contribution in [3.05, 3.63) is 108 Å². The SMILES string of the molecule is O=C(CCCCC1CCSS1)NC(CSC(c1ccccc1)(c1ccccc1)c1ccccc1)C(=O)O. The number of thioether (sulfide) groups is 1. The van der Waals surface area contributed by atoms with Gasteiger partial charge in [-0.25, -0.2) is 4.79 Å². The molecule has 1 amide bonds. The molecule has 4 nitrogen and oxygen atoms in total. The lowest BCUT2D eigenvalue weighted by molar-refractivity contribution is -0.141. The smallest absolute Gasteiger partial charge is 0.327 e. The van der Waals surface area contributed by atoms with Crippen molar-refractivity contribution in [2.24, 2.45) is 0 Å². The number of carboxylic acid groups (broad SMARTS) is 1. The Morgan fingerprint density at radius 1 is 0.892 bits per heavy atom. The van der Waals surface area contributed by atoms with Crippen molar-refractivity contribution >= 4 is 45.2 Å². The predicted molar refractivity (Wildman–Crippen MR) is 158 cm³/mol. The van der Waals surface area contributed by atoms with E-state index in [0.29, 0.717) is 11.7 Å². The second-order valence-electron chi connectivity index (χ2n) is 9.12. The van der Waals surface area contributed by atoms with Crippen LogP contribution in [-0.4, -0.2) is 39.8 Å². The molecule has 0 radical (unpaired) electrons. The Labute approximate surface area is 231 Å². The Kier molecular flexibility index (Phi) is 10.5. The summed E-state index contributed by atoms with van der Waals surface area (Å²) in [6.07, 6.45) is 4.51. The number of amides is 1. The molecule has 4 rings (SSSR count). The molecule has 2 atom stereocenters. The lowest BCUT2D eigenvalue weighted by Crippen LogP contribution is -2.43. The summed E-state index contributed by atoms with van der Waals surface area (Å²) in [5, 5.41) is 13.5. The summed E-state index contributed by atoms with van der Waals surface area (Å²) in [6, 6.07) is 29.6. The molecule has 3 aromatic rings. The van der Waals surface area contributed by atoms with Crippen molar-refractivity contribution in [1.82, 2.24) is 5.32 Å². The second-order valence-corrected chi connectivity index (χ2v) is 13.1. The van der Waals surface area contributed by atoms with Crippen LogP contribution >= 0.6 is 33.3 Å². The molecule has 1 aliphatic rings. The minimum absolute atomic E-state index is 0.189. The number of hydrogen-bond donors (Lipinski definition) is 2. The average Bonchev–Trinajstić information content (AvgIpc) is 3.46. The van der Waals surface area contributed by atoms with E-state index >= 15 is 0 Å². The number of carboxylic acids is 1. The Bertz CT molecular complexity index is 1030. The Morgan fingerprint density at radius 2 is 1.43 bits per heavy atom. The van der Waals surface area contributed by atoms with Crippen LogP contribution < -0.4 is 5.32 Å². The summed E-state index contributed by atoms with van der Waals surface area (Å²) in [4.78, 5) is 24.9. The third kappa shape index (κ3) is 7.37. The molecule has 0 saturated carbocycles. The lowest BCUT2D eigenvalue weighted by Gasteiger charge is -2.36. The highest BCUT2D eigenvalue weighted by atomic mass is 33.1. The molecular formula is C30H33NO3S3. The van der Waals surface area contributed by atoms with Gasteiger partial charge >= 0.3 is 5.97 Å². The highest BCUT2D eigenvalue weighted by Gasteiger charge is 2.38. The van der Waals surface area contributed by atoms with E-state index in [0.717, 1.165) is 36.0 Å². The summed E-state index contributed by atoms with van der Waals surface area (Å²) in [5.74, 6) is 0.245. The molecule has 0 bridgehead atoms. The maximum absolute atomic E-state index is 12.7. The highest BCUT2D eigenvalue weighted by Crippen LogP contribution is 2.48. The third-order valence-electron chi connectivity index (χ3n) is 6.55. The molecule has 37 heavy (non-hydrogen) atoms. The number of unbranched alkanes of at least 4 members (excludes halogenated alkanes) is 1. The molecule has 7 heteroatoms. The van der Waals surface area contributed by atoms with Crippen molar-refractivity contribution in [3.63, 3.8) is 0 Å². The van der Waals surface area contributed by atoms with Gasteiger partial charge in [0.05, 0.1) is 4.75 Å². The number of hydrogen-bond acceptors (Lipinski definition) is 5. The van der Waals surface area contributed by atoms with Crippen molar-refractivity contribution in [2.75, 3.05) is 11.5 Å². The van der Waals surface area contributed by atoms with E-state index in [2.05, 4.69) is 41.7 Å². The van der Waals surface area contributed by atoms with Crippen molar-refractivity contribution in [2.45, 2.75) is 48.1 Å². The summed E-state index contributed by atoms with van der Waals surface area (Å²) >= 11 is 1.55. The van der Waals surface area contributed by atoms with Crippen molar-refractivity contribution in [1.29, 1.82) is 0 Å². The fourth-order valence-corrected chi connectivity index (χ4v) is 9.22. The molecule has 1 saturated heterocycles. The first kappa shape index (κ1) is 27.7. The van der Waals surface area contributed by atoms with Crippen LogP contribution in [0, 0.1) is 0 Å². The zero-order chi connectivity index (χ0) is 25.9. The van der Waals surface area contributed by atoms with E-state index in [1.54, 1.807) is 11.8 Å². The number of carbonyl (C=O) groups is 2. The van der Waals surface area contributed by atoms with E-state index in [1.807, 2.05) is 76.2 Å². The molecule has 1 aliphatic heterocycles. The van der Waals surface area contributed by atoms with Crippen LogP contribution in [0.5, 0.6) is 0 Å². The number of rotatable bonds is 13. The fraction of sp³-hybridized carbons (Fsp3) is 0.333. The van der Waals surface area contributed by atoms with Crippen LogP contribution in [0.2, 0.25) is 0 Å². The first-order valence-electron chi connectivity index (χ1n) is 12.7. The Morgan fingerprint density at radius 3 is 1.89 bits per heavy atom. The molecule has 0 aliphatic carbocycles. The van der Waals surface area contributed by atoms with Crippen molar-refractivity contribution < 1.29 is 14.7 Å². The number of carbonyl (C=O) groups excluding carboxylic acids is 1. The minimum Gasteiger partial charge on any atom is -0.480 e. The topological polar surface area (TPSA) is 66.4 Å². The van der Waals surface area contributed by atoms with E-state index in [9.17, 15) is 14.7 Å². The van der Waals surface area contributed by atoms with Crippen LogP contribution in [0.3, 0.4) is 0 Å². The van der Waals surface area contributed by atoms with Gasteiger partial charge in [-0.1, -0.05) is 119 Å². The summed E-state index contributed by atoms with van der Waals surface area (Å²) in [6.45, 7) is 0. The molecule has 194 valence electrons. The van der Waals surface area contributed by atoms with Gasteiger partial charge in [0.15, 0.2) is 0 Å². The van der Waals surface area contributed by atoms with Crippen LogP contribution in [0.15, 0.2) is 91.0 Å². The Hall–Kier alpha value is -2.35. The molecular weight excluding hydrogens is 519 g/mol. The third-order valence-corrected chi connectivity index (χ3v) is 11.2. The largest absolute Gasteiger partial charge is 0.480 e. The zero-order valence-corrected chi connectivity index (χ0v) is 23.2. The molecule has 0 aromatic heterocycles. The molecule has 1 heterocycles. The second kappa shape index (κ2) is 14.0. The zero-order valence-electron chi connectivity index (χ0n) is 20.8. The maximum Gasteiger partial charge on any atom is 0.327 e. The van der Waals surface area contributed by atoms with Gasteiger partial charge in [0.1, 0.15) is 6.04 Å². The van der Waals surface area contributed by atoms with Gasteiger partial charge in [0, 0.05) is 23.2 Å². The monoisotopic (exact) mass is 551 g/mol. The van der Waals surface area contributed by atoms with Gasteiger partial charge in [0.25, 0.3) is 0 Å². The quantitative estimate of drug-likeness (QED) is 0.136. The minimum atomic E-state index is -1.01. The molecule has 3 aromatic carbocycles. The van der Waals surface area contributed by atoms with Gasteiger partial charge in [-0.15, -0.1) is 11.8 Å². The first-order valence-corrected chi connectivity index (χ1v) is 16.1. The van der Waals surface area contributed by atoms with Crippen LogP contribution in [0.4, 0.5) is 0 Å².